The Balaban J connectivity index is 1.34. The second-order valence-corrected chi connectivity index (χ2v) is 9.48. The molecule has 5 N–H and O–H groups in total. The predicted octanol–water partition coefficient (Wildman–Crippen LogP) is 4.40. The highest BCUT2D eigenvalue weighted by atomic mass is 32.1. The van der Waals surface area contributed by atoms with E-state index in [-0.39, 0.29) is 36.6 Å². The lowest BCUT2D eigenvalue weighted by Crippen LogP contribution is -2.32. The Labute approximate surface area is 220 Å². The molecular weight excluding hydrogens is 490 g/mol. The van der Waals surface area contributed by atoms with Crippen LogP contribution >= 0.6 is 11.3 Å². The summed E-state index contributed by atoms with van der Waals surface area (Å²) in [7, 11) is 0. The Morgan fingerprint density at radius 2 is 1.89 bits per heavy atom. The molecule has 4 rings (SSSR count). The van der Waals surface area contributed by atoms with Gasteiger partial charge in [0.2, 0.25) is 6.29 Å². The standard InChI is InChI=1S/C28H31N3O5S/c29-23-5-1-2-6-24(23)31-27(33)20-9-7-19(8-10-20)17-30-28(34)25-15-22(21-11-14-37-18-21)16-26(36-25)35-13-4-3-12-32/h1-2,5-11,14-15,18,22,26,32H,3-4,12-13,16-17,29H2,(H,30,34)(H,31,33). The number of anilines is 2. The molecule has 1 aliphatic rings. The number of unbranched alkanes of at least 4 members (excludes halogenated alkanes) is 1. The number of nitrogen functional groups attached to an aromatic ring is 1. The third-order valence-electron chi connectivity index (χ3n) is 5.99. The molecule has 8 nitrogen and oxygen atoms in total. The molecule has 2 heterocycles. The Bertz CT molecular complexity index is 1210. The van der Waals surface area contributed by atoms with Crippen LogP contribution in [0.3, 0.4) is 0 Å². The van der Waals surface area contributed by atoms with Gasteiger partial charge in [-0.25, -0.2) is 0 Å². The molecule has 0 saturated carbocycles. The third-order valence-corrected chi connectivity index (χ3v) is 6.69. The average molecular weight is 522 g/mol. The summed E-state index contributed by atoms with van der Waals surface area (Å²) in [5, 5.41) is 18.7. The zero-order chi connectivity index (χ0) is 26.0. The predicted molar refractivity (Wildman–Crippen MR) is 144 cm³/mol. The molecule has 0 radical (unpaired) electrons. The number of hydrogen-bond donors (Lipinski definition) is 4. The lowest BCUT2D eigenvalue weighted by molar-refractivity contribution is -0.146. The number of allylic oxidation sites excluding steroid dienone is 1. The molecule has 2 atom stereocenters. The van der Waals surface area contributed by atoms with Crippen molar-refractivity contribution in [3.63, 3.8) is 0 Å². The summed E-state index contributed by atoms with van der Waals surface area (Å²) >= 11 is 1.61. The first-order valence-corrected chi connectivity index (χ1v) is 13.1. The van der Waals surface area contributed by atoms with Gasteiger partial charge in [-0.3, -0.25) is 9.59 Å². The van der Waals surface area contributed by atoms with Crippen molar-refractivity contribution in [2.75, 3.05) is 24.3 Å². The molecule has 2 amide bonds. The van der Waals surface area contributed by atoms with Gasteiger partial charge in [0.15, 0.2) is 5.76 Å². The summed E-state index contributed by atoms with van der Waals surface area (Å²) in [5.41, 5.74) is 9.39. The number of nitrogens with two attached hydrogens (primary N) is 1. The summed E-state index contributed by atoms with van der Waals surface area (Å²) < 4.78 is 11.7. The molecule has 0 bridgehead atoms. The zero-order valence-electron chi connectivity index (χ0n) is 20.4. The molecule has 9 heteroatoms. The number of amides is 2. The monoisotopic (exact) mass is 521 g/mol. The van der Waals surface area contributed by atoms with Crippen molar-refractivity contribution in [2.24, 2.45) is 0 Å². The van der Waals surface area contributed by atoms with Gasteiger partial charge in [0.25, 0.3) is 11.8 Å². The number of rotatable bonds is 11. The molecule has 3 aromatic rings. The van der Waals surface area contributed by atoms with Gasteiger partial charge in [0, 0.05) is 31.1 Å². The van der Waals surface area contributed by atoms with Crippen LogP contribution in [0.1, 0.15) is 46.7 Å². The topological polar surface area (TPSA) is 123 Å². The first kappa shape index (κ1) is 26.4. The molecule has 1 aromatic heterocycles. The Morgan fingerprint density at radius 1 is 1.08 bits per heavy atom. The number of aliphatic hydroxyl groups excluding tert-OH is 1. The number of ether oxygens (including phenoxy) is 2. The highest BCUT2D eigenvalue weighted by Crippen LogP contribution is 2.32. The number of para-hydroxylation sites is 2. The molecule has 0 fully saturated rings. The van der Waals surface area contributed by atoms with Crippen LogP contribution in [0.2, 0.25) is 0 Å². The van der Waals surface area contributed by atoms with Gasteiger partial charge in [0.1, 0.15) is 0 Å². The van der Waals surface area contributed by atoms with E-state index in [1.807, 2.05) is 17.5 Å². The molecule has 0 spiro atoms. The second kappa shape index (κ2) is 13.0. The first-order chi connectivity index (χ1) is 18.0. The van der Waals surface area contributed by atoms with E-state index >= 15 is 0 Å². The van der Waals surface area contributed by atoms with E-state index in [1.54, 1.807) is 59.9 Å². The van der Waals surface area contributed by atoms with Crippen LogP contribution in [-0.2, 0) is 20.8 Å². The molecule has 2 aromatic carbocycles. The van der Waals surface area contributed by atoms with Crippen molar-refractivity contribution in [3.8, 4) is 0 Å². The van der Waals surface area contributed by atoms with Gasteiger partial charge in [-0.2, -0.15) is 11.3 Å². The number of aliphatic hydroxyl groups is 1. The van der Waals surface area contributed by atoms with E-state index in [1.165, 1.54) is 0 Å². The summed E-state index contributed by atoms with van der Waals surface area (Å²) in [4.78, 5) is 25.5. The van der Waals surface area contributed by atoms with Crippen molar-refractivity contribution in [1.82, 2.24) is 5.32 Å². The smallest absolute Gasteiger partial charge is 0.286 e. The van der Waals surface area contributed by atoms with Crippen LogP contribution in [0.4, 0.5) is 11.4 Å². The van der Waals surface area contributed by atoms with Crippen LogP contribution in [0, 0.1) is 0 Å². The van der Waals surface area contributed by atoms with E-state index in [0.29, 0.717) is 36.4 Å². The summed E-state index contributed by atoms with van der Waals surface area (Å²) in [5.74, 6) is -0.352. The fraction of sp³-hybridized carbons (Fsp3) is 0.286. The average Bonchev–Trinajstić information content (AvgIpc) is 3.46. The largest absolute Gasteiger partial charge is 0.459 e. The molecular formula is C28H31N3O5S. The molecule has 37 heavy (non-hydrogen) atoms. The van der Waals surface area contributed by atoms with Crippen molar-refractivity contribution < 1.29 is 24.2 Å². The van der Waals surface area contributed by atoms with Crippen LogP contribution < -0.4 is 16.4 Å². The van der Waals surface area contributed by atoms with Crippen LogP contribution in [-0.4, -0.2) is 36.4 Å². The Morgan fingerprint density at radius 3 is 2.62 bits per heavy atom. The maximum Gasteiger partial charge on any atom is 0.286 e. The third kappa shape index (κ3) is 7.42. The number of carbonyl (C=O) groups excluding carboxylic acids is 2. The van der Waals surface area contributed by atoms with Crippen LogP contribution in [0.25, 0.3) is 0 Å². The van der Waals surface area contributed by atoms with Crippen molar-refractivity contribution in [2.45, 2.75) is 38.0 Å². The van der Waals surface area contributed by atoms with Gasteiger partial charge in [0.05, 0.1) is 18.0 Å². The molecule has 1 aliphatic heterocycles. The lowest BCUT2D eigenvalue weighted by Gasteiger charge is -2.29. The summed E-state index contributed by atoms with van der Waals surface area (Å²) in [6, 6.07) is 16.1. The Kier molecular flexibility index (Phi) is 9.31. The van der Waals surface area contributed by atoms with E-state index in [0.717, 1.165) is 17.5 Å². The van der Waals surface area contributed by atoms with E-state index in [9.17, 15) is 9.59 Å². The maximum atomic E-state index is 13.0. The number of carbonyl (C=O) groups is 2. The van der Waals surface area contributed by atoms with Gasteiger partial charge in [-0.1, -0.05) is 24.3 Å². The lowest BCUT2D eigenvalue weighted by atomic mass is 9.95. The normalized spacial score (nSPS) is 16.9. The first-order valence-electron chi connectivity index (χ1n) is 12.2. The minimum absolute atomic E-state index is 0.0139. The van der Waals surface area contributed by atoms with Gasteiger partial charge < -0.3 is 30.9 Å². The summed E-state index contributed by atoms with van der Waals surface area (Å²) in [6.45, 7) is 0.846. The maximum absolute atomic E-state index is 13.0. The number of thiophene rings is 1. The number of nitrogens with one attached hydrogen (secondary N) is 2. The van der Waals surface area contributed by atoms with Crippen molar-refractivity contribution >= 4 is 34.5 Å². The minimum Gasteiger partial charge on any atom is -0.459 e. The van der Waals surface area contributed by atoms with Gasteiger partial charge in [-0.05, 0) is 71.1 Å². The van der Waals surface area contributed by atoms with E-state index < -0.39 is 6.29 Å². The number of hydrogen-bond acceptors (Lipinski definition) is 7. The van der Waals surface area contributed by atoms with Crippen LogP contribution in [0.15, 0.2) is 77.2 Å². The minimum atomic E-state index is -0.536. The molecule has 0 saturated heterocycles. The molecule has 2 unspecified atom stereocenters. The quantitative estimate of drug-likeness (QED) is 0.219. The summed E-state index contributed by atoms with van der Waals surface area (Å²) in [6.07, 6.45) is 3.30. The van der Waals surface area contributed by atoms with Crippen LogP contribution in [0.5, 0.6) is 0 Å². The molecule has 0 aliphatic carbocycles. The van der Waals surface area contributed by atoms with Gasteiger partial charge >= 0.3 is 0 Å². The highest BCUT2D eigenvalue weighted by molar-refractivity contribution is 7.08. The fourth-order valence-electron chi connectivity index (χ4n) is 3.91. The SMILES string of the molecule is Nc1ccccc1NC(=O)c1ccc(CNC(=O)C2=CC(c3ccsc3)CC(OCCCCO)O2)cc1. The second-order valence-electron chi connectivity index (χ2n) is 8.70. The van der Waals surface area contributed by atoms with Crippen molar-refractivity contribution in [1.29, 1.82) is 0 Å². The zero-order valence-corrected chi connectivity index (χ0v) is 21.2. The van der Waals surface area contributed by atoms with E-state index in [2.05, 4.69) is 16.0 Å². The Hall–Kier alpha value is -3.66. The van der Waals surface area contributed by atoms with E-state index in [4.69, 9.17) is 20.3 Å². The highest BCUT2D eigenvalue weighted by Gasteiger charge is 2.28. The number of benzene rings is 2. The van der Waals surface area contributed by atoms with Crippen molar-refractivity contribution in [3.05, 3.63) is 93.9 Å². The van der Waals surface area contributed by atoms with Gasteiger partial charge in [-0.15, -0.1) is 0 Å². The molecule has 194 valence electrons. The fourth-order valence-corrected chi connectivity index (χ4v) is 4.64.